The van der Waals surface area contributed by atoms with E-state index in [1.807, 2.05) is 0 Å². The average Bonchev–Trinajstić information content (AvgIpc) is 2.48. The molecule has 21 heavy (non-hydrogen) atoms. The quantitative estimate of drug-likeness (QED) is 0.900. The van der Waals surface area contributed by atoms with Gasteiger partial charge in [-0.2, -0.15) is 4.31 Å². The first-order valence-electron chi connectivity index (χ1n) is 7.04. The minimum atomic E-state index is -3.78. The summed E-state index contributed by atoms with van der Waals surface area (Å²) in [5.74, 6) is -0.651. The van der Waals surface area contributed by atoms with Crippen LogP contribution in [0.1, 0.15) is 32.1 Å². The van der Waals surface area contributed by atoms with Gasteiger partial charge in [-0.25, -0.2) is 12.8 Å². The molecule has 4 nitrogen and oxygen atoms in total. The van der Waals surface area contributed by atoms with Gasteiger partial charge in [-0.05, 0) is 31.0 Å². The lowest BCUT2D eigenvalue weighted by Gasteiger charge is -2.33. The third-order valence-electron chi connectivity index (χ3n) is 3.80. The molecule has 118 valence electrons. The number of aliphatic hydroxyl groups is 1. The predicted octanol–water partition coefficient (Wildman–Crippen LogP) is 2.79. The number of halogens is 2. The van der Waals surface area contributed by atoms with Crippen LogP contribution < -0.4 is 0 Å². The lowest BCUT2D eigenvalue weighted by molar-refractivity contribution is 0.199. The molecule has 0 heterocycles. The molecule has 7 heteroatoms. The Balaban J connectivity index is 2.34. The zero-order valence-corrected chi connectivity index (χ0v) is 13.2. The summed E-state index contributed by atoms with van der Waals surface area (Å²) in [4.78, 5) is -0.0343. The van der Waals surface area contributed by atoms with Crippen LogP contribution in [0.2, 0.25) is 5.02 Å². The molecular weight excluding hydrogens is 317 g/mol. The van der Waals surface area contributed by atoms with Crippen LogP contribution in [0.15, 0.2) is 23.1 Å². The van der Waals surface area contributed by atoms with Gasteiger partial charge in [0.15, 0.2) is 0 Å². The summed E-state index contributed by atoms with van der Waals surface area (Å²) >= 11 is 5.68. The molecule has 0 saturated heterocycles. The highest BCUT2D eigenvalue weighted by molar-refractivity contribution is 7.89. The third kappa shape index (κ3) is 3.74. The first-order chi connectivity index (χ1) is 9.96. The summed E-state index contributed by atoms with van der Waals surface area (Å²) in [5.41, 5.74) is 0. The van der Waals surface area contributed by atoms with Crippen molar-refractivity contribution in [1.82, 2.24) is 4.31 Å². The normalized spacial score (nSPS) is 17.3. The average molecular weight is 336 g/mol. The van der Waals surface area contributed by atoms with Gasteiger partial charge in [-0.3, -0.25) is 0 Å². The van der Waals surface area contributed by atoms with E-state index in [-0.39, 0.29) is 29.1 Å². The maximum atomic E-state index is 13.2. The van der Waals surface area contributed by atoms with Gasteiger partial charge in [0.1, 0.15) is 5.82 Å². The number of aliphatic hydroxyl groups excluding tert-OH is 1. The van der Waals surface area contributed by atoms with Crippen molar-refractivity contribution in [2.75, 3.05) is 13.2 Å². The van der Waals surface area contributed by atoms with Gasteiger partial charge >= 0.3 is 0 Å². The third-order valence-corrected chi connectivity index (χ3v) is 6.04. The zero-order chi connectivity index (χ0) is 15.5. The molecule has 0 aromatic heterocycles. The molecule has 1 saturated carbocycles. The van der Waals surface area contributed by atoms with Crippen molar-refractivity contribution in [3.63, 3.8) is 0 Å². The number of benzene rings is 1. The van der Waals surface area contributed by atoms with Crippen LogP contribution in [0.4, 0.5) is 4.39 Å². The molecule has 1 aromatic rings. The maximum Gasteiger partial charge on any atom is 0.243 e. The fourth-order valence-electron chi connectivity index (χ4n) is 2.74. The van der Waals surface area contributed by atoms with E-state index in [0.717, 1.165) is 44.2 Å². The fourth-order valence-corrected chi connectivity index (χ4v) is 4.69. The van der Waals surface area contributed by atoms with Gasteiger partial charge in [-0.15, -0.1) is 0 Å². The fraction of sp³-hybridized carbons (Fsp3) is 0.571. The van der Waals surface area contributed by atoms with Crippen molar-refractivity contribution in [1.29, 1.82) is 0 Å². The molecule has 0 unspecified atom stereocenters. The van der Waals surface area contributed by atoms with Crippen molar-refractivity contribution in [2.24, 2.45) is 0 Å². The second-order valence-corrected chi connectivity index (χ2v) is 7.50. The molecule has 0 spiro atoms. The number of hydrogen-bond acceptors (Lipinski definition) is 3. The van der Waals surface area contributed by atoms with Gasteiger partial charge in [-0.1, -0.05) is 30.9 Å². The lowest BCUT2D eigenvalue weighted by Crippen LogP contribution is -2.43. The van der Waals surface area contributed by atoms with Crippen LogP contribution in [0.5, 0.6) is 0 Å². The Morgan fingerprint density at radius 2 is 1.95 bits per heavy atom. The van der Waals surface area contributed by atoms with E-state index in [2.05, 4.69) is 0 Å². The molecule has 0 atom stereocenters. The highest BCUT2D eigenvalue weighted by atomic mass is 35.5. The molecule has 1 aromatic carbocycles. The Bertz CT molecular complexity index is 588. The van der Waals surface area contributed by atoms with Gasteiger partial charge in [0.25, 0.3) is 0 Å². The van der Waals surface area contributed by atoms with Crippen molar-refractivity contribution in [3.05, 3.63) is 29.0 Å². The Kier molecular flexibility index (Phi) is 5.60. The molecule has 1 aliphatic rings. The zero-order valence-electron chi connectivity index (χ0n) is 11.6. The molecule has 1 aliphatic carbocycles. The Hall–Kier alpha value is -0.690. The number of sulfonamides is 1. The number of hydrogen-bond donors (Lipinski definition) is 1. The summed E-state index contributed by atoms with van der Waals surface area (Å²) in [7, 11) is -3.78. The second-order valence-electron chi connectivity index (χ2n) is 5.21. The standard InChI is InChI=1S/C14H19ClFNO3S/c15-13-10-12(6-7-14(13)16)21(19,20)17(8-9-18)11-4-2-1-3-5-11/h6-7,10-11,18H,1-5,8-9H2. The first kappa shape index (κ1) is 16.7. The predicted molar refractivity (Wildman–Crippen MR) is 79.3 cm³/mol. The number of rotatable bonds is 5. The Morgan fingerprint density at radius 3 is 2.52 bits per heavy atom. The molecule has 1 N–H and O–H groups in total. The Labute approximate surface area is 129 Å². The van der Waals surface area contributed by atoms with Crippen molar-refractivity contribution >= 4 is 21.6 Å². The van der Waals surface area contributed by atoms with Gasteiger partial charge in [0, 0.05) is 12.6 Å². The van der Waals surface area contributed by atoms with E-state index in [9.17, 15) is 17.9 Å². The van der Waals surface area contributed by atoms with Gasteiger partial charge < -0.3 is 5.11 Å². The van der Waals surface area contributed by atoms with Crippen LogP contribution in [-0.4, -0.2) is 37.0 Å². The highest BCUT2D eigenvalue weighted by Crippen LogP contribution is 2.29. The molecule has 0 aliphatic heterocycles. The second kappa shape index (κ2) is 7.05. The van der Waals surface area contributed by atoms with Crippen LogP contribution in [-0.2, 0) is 10.0 Å². The first-order valence-corrected chi connectivity index (χ1v) is 8.86. The van der Waals surface area contributed by atoms with Crippen molar-refractivity contribution in [2.45, 2.75) is 43.0 Å². The van der Waals surface area contributed by atoms with Crippen molar-refractivity contribution < 1.29 is 17.9 Å². The summed E-state index contributed by atoms with van der Waals surface area (Å²) < 4.78 is 40.0. The van der Waals surface area contributed by atoms with E-state index in [1.54, 1.807) is 0 Å². The van der Waals surface area contributed by atoms with Crippen LogP contribution >= 0.6 is 11.6 Å². The SMILES string of the molecule is O=S(=O)(c1ccc(F)c(Cl)c1)N(CCO)C1CCCCC1. The molecular formula is C14H19ClFNO3S. The van der Waals surface area contributed by atoms with Gasteiger partial charge in [0.2, 0.25) is 10.0 Å². The topological polar surface area (TPSA) is 57.6 Å². The highest BCUT2D eigenvalue weighted by Gasteiger charge is 2.32. The molecule has 0 amide bonds. The monoisotopic (exact) mass is 335 g/mol. The van der Waals surface area contributed by atoms with E-state index >= 15 is 0 Å². The molecule has 1 fully saturated rings. The summed E-state index contributed by atoms with van der Waals surface area (Å²) in [6.07, 6.45) is 4.63. The molecule has 0 radical (unpaired) electrons. The Morgan fingerprint density at radius 1 is 1.29 bits per heavy atom. The number of nitrogens with zero attached hydrogens (tertiary/aromatic N) is 1. The maximum absolute atomic E-state index is 13.2. The minimum absolute atomic E-state index is 0.0343. The van der Waals surface area contributed by atoms with E-state index in [1.165, 1.54) is 10.4 Å². The van der Waals surface area contributed by atoms with E-state index < -0.39 is 15.8 Å². The summed E-state index contributed by atoms with van der Waals surface area (Å²) in [6.45, 7) is -0.202. The van der Waals surface area contributed by atoms with Crippen molar-refractivity contribution in [3.8, 4) is 0 Å². The van der Waals surface area contributed by atoms with Crippen LogP contribution in [0, 0.1) is 5.82 Å². The van der Waals surface area contributed by atoms with Crippen LogP contribution in [0.3, 0.4) is 0 Å². The van der Waals surface area contributed by atoms with E-state index in [0.29, 0.717) is 0 Å². The smallest absolute Gasteiger partial charge is 0.243 e. The largest absolute Gasteiger partial charge is 0.395 e. The lowest BCUT2D eigenvalue weighted by atomic mass is 9.95. The molecule has 2 rings (SSSR count). The minimum Gasteiger partial charge on any atom is -0.395 e. The van der Waals surface area contributed by atoms with Gasteiger partial charge in [0.05, 0.1) is 16.5 Å². The summed E-state index contributed by atoms with van der Waals surface area (Å²) in [6, 6.07) is 3.27. The van der Waals surface area contributed by atoms with E-state index in [4.69, 9.17) is 11.6 Å². The molecule has 0 bridgehead atoms. The van der Waals surface area contributed by atoms with Crippen LogP contribution in [0.25, 0.3) is 0 Å². The summed E-state index contributed by atoms with van der Waals surface area (Å²) in [5, 5.41) is 8.97.